The van der Waals surface area contributed by atoms with Crippen LogP contribution in [0.25, 0.3) is 5.82 Å². The number of benzene rings is 1. The number of aromatic nitrogens is 3. The highest BCUT2D eigenvalue weighted by molar-refractivity contribution is 7.89. The van der Waals surface area contributed by atoms with Crippen LogP contribution in [0.4, 0.5) is 13.2 Å². The highest BCUT2D eigenvalue weighted by Gasteiger charge is 2.33. The molecule has 10 heteroatoms. The number of hydrogen-bond acceptors (Lipinski definition) is 4. The second kappa shape index (κ2) is 7.60. The van der Waals surface area contributed by atoms with Crippen LogP contribution in [-0.4, -0.2) is 23.2 Å². The summed E-state index contributed by atoms with van der Waals surface area (Å²) < 4.78 is 67.9. The monoisotopic (exact) mass is 424 g/mol. The molecule has 3 aromatic rings. The summed E-state index contributed by atoms with van der Waals surface area (Å²) in [6.45, 7) is 4.92. The van der Waals surface area contributed by atoms with Crippen molar-refractivity contribution in [3.8, 4) is 5.82 Å². The van der Waals surface area contributed by atoms with E-state index in [4.69, 9.17) is 0 Å². The van der Waals surface area contributed by atoms with Gasteiger partial charge in [-0.2, -0.15) is 18.3 Å². The molecule has 1 N–H and O–H groups in total. The number of halogens is 3. The smallest absolute Gasteiger partial charge is 0.237 e. The van der Waals surface area contributed by atoms with Gasteiger partial charge in [-0.1, -0.05) is 12.1 Å². The summed E-state index contributed by atoms with van der Waals surface area (Å²) in [4.78, 5) is 3.83. The summed E-state index contributed by atoms with van der Waals surface area (Å²) in [5, 5.41) is 4.32. The van der Waals surface area contributed by atoms with Crippen LogP contribution in [-0.2, 0) is 22.7 Å². The van der Waals surface area contributed by atoms with Gasteiger partial charge >= 0.3 is 6.18 Å². The molecule has 29 heavy (non-hydrogen) atoms. The van der Waals surface area contributed by atoms with Crippen molar-refractivity contribution < 1.29 is 21.6 Å². The average Bonchev–Trinajstić information content (AvgIpc) is 2.98. The summed E-state index contributed by atoms with van der Waals surface area (Å²) in [5.74, 6) is 0.579. The largest absolute Gasteiger partial charge is 0.416 e. The molecule has 154 valence electrons. The minimum atomic E-state index is -4.63. The third-order valence-electron chi connectivity index (χ3n) is 4.33. The normalized spacial score (nSPS) is 12.3. The molecule has 3 rings (SSSR count). The summed E-state index contributed by atoms with van der Waals surface area (Å²) in [6.07, 6.45) is -3.14. The third-order valence-corrected chi connectivity index (χ3v) is 5.73. The van der Waals surface area contributed by atoms with Gasteiger partial charge in [0.25, 0.3) is 0 Å². The summed E-state index contributed by atoms with van der Waals surface area (Å²) in [7, 11) is -4.12. The molecule has 0 atom stereocenters. The molecule has 0 radical (unpaired) electrons. The van der Waals surface area contributed by atoms with Crippen LogP contribution < -0.4 is 4.72 Å². The molecule has 0 saturated heterocycles. The SMILES string of the molecule is Cc1cc(C)n(-c2ccc(CNS(=O)(=O)c3ccc(C)c(C(F)(F)F)c3)cn2)n1. The van der Waals surface area contributed by atoms with Crippen LogP contribution in [0.3, 0.4) is 0 Å². The van der Waals surface area contributed by atoms with E-state index in [1.54, 1.807) is 16.8 Å². The van der Waals surface area contributed by atoms with Crippen LogP contribution >= 0.6 is 0 Å². The van der Waals surface area contributed by atoms with Gasteiger partial charge in [-0.05, 0) is 56.2 Å². The first-order chi connectivity index (χ1) is 13.5. The van der Waals surface area contributed by atoms with Gasteiger partial charge in [0.05, 0.1) is 16.2 Å². The van der Waals surface area contributed by atoms with E-state index in [9.17, 15) is 21.6 Å². The number of sulfonamides is 1. The third kappa shape index (κ3) is 4.65. The Morgan fingerprint density at radius 3 is 2.34 bits per heavy atom. The summed E-state index contributed by atoms with van der Waals surface area (Å²) in [5.41, 5.74) is 1.29. The van der Waals surface area contributed by atoms with Gasteiger partial charge in [0.15, 0.2) is 5.82 Å². The van der Waals surface area contributed by atoms with Crippen LogP contribution in [0.1, 0.15) is 28.1 Å². The molecule has 2 heterocycles. The fourth-order valence-corrected chi connectivity index (χ4v) is 3.89. The average molecular weight is 424 g/mol. The molecular formula is C19H19F3N4O2S. The molecule has 0 saturated carbocycles. The maximum absolute atomic E-state index is 13.0. The predicted octanol–water partition coefficient (Wildman–Crippen LogP) is 3.69. The number of nitrogens with one attached hydrogen (secondary N) is 1. The Morgan fingerprint density at radius 1 is 1.07 bits per heavy atom. The van der Waals surface area contributed by atoms with Crippen molar-refractivity contribution >= 4 is 10.0 Å². The minimum absolute atomic E-state index is 0.0413. The van der Waals surface area contributed by atoms with Crippen molar-refractivity contribution in [1.82, 2.24) is 19.5 Å². The fourth-order valence-electron chi connectivity index (χ4n) is 2.84. The Morgan fingerprint density at radius 2 is 1.79 bits per heavy atom. The second-order valence-corrected chi connectivity index (χ2v) is 8.43. The molecule has 0 bridgehead atoms. The molecule has 0 aliphatic carbocycles. The van der Waals surface area contributed by atoms with E-state index in [0.717, 1.165) is 23.5 Å². The van der Waals surface area contributed by atoms with Crippen molar-refractivity contribution in [3.63, 3.8) is 0 Å². The highest BCUT2D eigenvalue weighted by atomic mass is 32.2. The Labute approximate surface area is 166 Å². The van der Waals surface area contributed by atoms with E-state index in [-0.39, 0.29) is 12.1 Å². The molecule has 0 aliphatic rings. The molecule has 0 fully saturated rings. The highest BCUT2D eigenvalue weighted by Crippen LogP contribution is 2.33. The van der Waals surface area contributed by atoms with Crippen LogP contribution in [0.2, 0.25) is 0 Å². The topological polar surface area (TPSA) is 76.9 Å². The molecule has 0 amide bonds. The van der Waals surface area contributed by atoms with Crippen molar-refractivity contribution in [2.45, 2.75) is 38.4 Å². The van der Waals surface area contributed by atoms with Crippen molar-refractivity contribution in [2.24, 2.45) is 0 Å². The van der Waals surface area contributed by atoms with Gasteiger partial charge in [-0.3, -0.25) is 0 Å². The summed E-state index contributed by atoms with van der Waals surface area (Å²) >= 11 is 0. The van der Waals surface area contributed by atoms with Crippen molar-refractivity contribution in [2.75, 3.05) is 0 Å². The van der Waals surface area contributed by atoms with Gasteiger partial charge in [0.1, 0.15) is 0 Å². The van der Waals surface area contributed by atoms with Gasteiger partial charge in [-0.25, -0.2) is 22.8 Å². The molecule has 1 aromatic carbocycles. The summed E-state index contributed by atoms with van der Waals surface area (Å²) in [6, 6.07) is 8.20. The number of pyridine rings is 1. The molecule has 6 nitrogen and oxygen atoms in total. The Kier molecular flexibility index (Phi) is 5.50. The van der Waals surface area contributed by atoms with Gasteiger partial charge in [0.2, 0.25) is 10.0 Å². The van der Waals surface area contributed by atoms with Crippen molar-refractivity contribution in [1.29, 1.82) is 0 Å². The maximum atomic E-state index is 13.0. The zero-order valence-corrected chi connectivity index (χ0v) is 16.8. The second-order valence-electron chi connectivity index (χ2n) is 6.66. The lowest BCUT2D eigenvalue weighted by Gasteiger charge is -2.13. The Balaban J connectivity index is 1.76. The lowest BCUT2D eigenvalue weighted by molar-refractivity contribution is -0.138. The van der Waals surface area contributed by atoms with Crippen molar-refractivity contribution in [3.05, 3.63) is 70.7 Å². The fraction of sp³-hybridized carbons (Fsp3) is 0.263. The quantitative estimate of drug-likeness (QED) is 0.678. The maximum Gasteiger partial charge on any atom is 0.416 e. The van der Waals surface area contributed by atoms with Gasteiger partial charge in [0, 0.05) is 18.4 Å². The first-order valence-electron chi connectivity index (χ1n) is 8.63. The number of rotatable bonds is 5. The van der Waals surface area contributed by atoms with E-state index >= 15 is 0 Å². The van der Waals surface area contributed by atoms with E-state index in [2.05, 4.69) is 14.8 Å². The van der Waals surface area contributed by atoms with E-state index < -0.39 is 26.7 Å². The molecule has 0 unspecified atom stereocenters. The molecule has 0 spiro atoms. The van der Waals surface area contributed by atoms with E-state index in [1.165, 1.54) is 13.1 Å². The zero-order valence-electron chi connectivity index (χ0n) is 15.9. The van der Waals surface area contributed by atoms with E-state index in [1.807, 2.05) is 19.9 Å². The standard InChI is InChI=1S/C19H19F3N4O2S/c1-12-4-6-16(9-17(12)19(20,21)22)29(27,28)24-11-15-5-7-18(23-10-15)26-14(3)8-13(2)25-26/h4-10,24H,11H2,1-3H3. The van der Waals surface area contributed by atoms with Crippen LogP contribution in [0.5, 0.6) is 0 Å². The molecule has 2 aromatic heterocycles. The molecule has 0 aliphatic heterocycles. The lowest BCUT2D eigenvalue weighted by Crippen LogP contribution is -2.24. The Bertz CT molecular complexity index is 1140. The minimum Gasteiger partial charge on any atom is -0.237 e. The van der Waals surface area contributed by atoms with Gasteiger partial charge < -0.3 is 0 Å². The zero-order chi connectivity index (χ0) is 21.4. The first-order valence-corrected chi connectivity index (χ1v) is 10.1. The molecular weight excluding hydrogens is 405 g/mol. The van der Waals surface area contributed by atoms with Gasteiger partial charge in [-0.15, -0.1) is 0 Å². The number of hydrogen-bond donors (Lipinski definition) is 1. The number of aryl methyl sites for hydroxylation is 3. The first kappa shape index (κ1) is 21.0. The number of nitrogens with zero attached hydrogens (tertiary/aromatic N) is 3. The van der Waals surface area contributed by atoms with Crippen LogP contribution in [0.15, 0.2) is 47.5 Å². The van der Waals surface area contributed by atoms with E-state index in [0.29, 0.717) is 17.4 Å². The lowest BCUT2D eigenvalue weighted by atomic mass is 10.1. The predicted molar refractivity (Wildman–Crippen MR) is 101 cm³/mol. The number of alkyl halides is 3. The van der Waals surface area contributed by atoms with Crippen LogP contribution in [0, 0.1) is 20.8 Å². The Hall–Kier alpha value is -2.72.